The Balaban J connectivity index is 2.38. The van der Waals surface area contributed by atoms with E-state index < -0.39 is 11.0 Å². The number of hydrogen-bond donors (Lipinski definition) is 0. The predicted molar refractivity (Wildman–Crippen MR) is 82.0 cm³/mol. The number of hydrogen-bond acceptors (Lipinski definition) is 5. The average molecular weight is 307 g/mol. The maximum Gasteiger partial charge on any atom is 0.310 e. The molecule has 1 rings (SSSR count). The first-order valence-electron chi connectivity index (χ1n) is 7.48. The molecule has 6 nitrogen and oxygen atoms in total. The van der Waals surface area contributed by atoms with Crippen molar-refractivity contribution in [2.45, 2.75) is 51.0 Å². The van der Waals surface area contributed by atoms with Gasteiger partial charge >= 0.3 is 5.69 Å². The maximum atomic E-state index is 11.1. The molecule has 0 saturated carbocycles. The molecular weight excluding hydrogens is 286 g/mol. The van der Waals surface area contributed by atoms with Gasteiger partial charge in [-0.15, -0.1) is 0 Å². The molecule has 1 aromatic rings. The second-order valence-electron chi connectivity index (χ2n) is 5.03. The zero-order valence-corrected chi connectivity index (χ0v) is 12.5. The number of benzene rings is 1. The van der Waals surface area contributed by atoms with Gasteiger partial charge in [-0.3, -0.25) is 14.9 Å². The number of nitro groups is 1. The number of rotatable bonds is 12. The van der Waals surface area contributed by atoms with Gasteiger partial charge in [-0.25, -0.2) is 0 Å². The van der Waals surface area contributed by atoms with Crippen LogP contribution in [-0.2, 0) is 9.59 Å². The Bertz CT molecular complexity index is 489. The van der Waals surface area contributed by atoms with Crippen molar-refractivity contribution in [2.75, 3.05) is 0 Å². The van der Waals surface area contributed by atoms with E-state index in [9.17, 15) is 19.7 Å². The first-order valence-corrected chi connectivity index (χ1v) is 7.48. The van der Waals surface area contributed by atoms with Gasteiger partial charge < -0.3 is 9.53 Å². The third kappa shape index (κ3) is 6.47. The second kappa shape index (κ2) is 10.5. The molecule has 1 atom stereocenters. The van der Waals surface area contributed by atoms with E-state index >= 15 is 0 Å². The van der Waals surface area contributed by atoms with Crippen LogP contribution in [0.15, 0.2) is 24.3 Å². The maximum absolute atomic E-state index is 11.1. The quantitative estimate of drug-likeness (QED) is 0.255. The minimum atomic E-state index is -0.670. The Kier molecular flexibility index (Phi) is 8.49. The number of carbonyl (C=O) groups excluding carboxylic acids is 2. The molecule has 0 heterocycles. The zero-order valence-electron chi connectivity index (χ0n) is 12.5. The monoisotopic (exact) mass is 307 g/mol. The van der Waals surface area contributed by atoms with Gasteiger partial charge in [-0.1, -0.05) is 31.4 Å². The van der Waals surface area contributed by atoms with Gasteiger partial charge in [0.2, 0.25) is 0 Å². The first kappa shape index (κ1) is 17.8. The van der Waals surface area contributed by atoms with E-state index in [2.05, 4.69) is 0 Å². The van der Waals surface area contributed by atoms with Gasteiger partial charge in [0.15, 0.2) is 18.1 Å². The lowest BCUT2D eigenvalue weighted by Crippen LogP contribution is -2.18. The van der Waals surface area contributed by atoms with Crippen molar-refractivity contribution in [1.29, 1.82) is 0 Å². The lowest BCUT2D eigenvalue weighted by molar-refractivity contribution is -0.386. The minimum absolute atomic E-state index is 0.121. The van der Waals surface area contributed by atoms with Gasteiger partial charge in [0, 0.05) is 12.5 Å². The molecule has 0 spiro atoms. The minimum Gasteiger partial charge on any atom is -0.476 e. The molecule has 0 bridgehead atoms. The standard InChI is InChI=1S/C16H21NO5/c18-12-8-4-2-1-3-5-9-14(13-19)22-16-11-7-6-10-15(16)17(20)21/h6-7,10-14H,1-5,8-9H2. The molecule has 6 heteroatoms. The van der Waals surface area contributed by atoms with Gasteiger partial charge in [-0.05, 0) is 25.3 Å². The van der Waals surface area contributed by atoms with Gasteiger partial charge in [0.25, 0.3) is 0 Å². The van der Waals surface area contributed by atoms with E-state index in [1.807, 2.05) is 0 Å². The topological polar surface area (TPSA) is 86.5 Å². The van der Waals surface area contributed by atoms with Crippen LogP contribution in [0.2, 0.25) is 0 Å². The van der Waals surface area contributed by atoms with Gasteiger partial charge in [0.05, 0.1) is 4.92 Å². The second-order valence-corrected chi connectivity index (χ2v) is 5.03. The summed E-state index contributed by atoms with van der Waals surface area (Å²) in [6.45, 7) is 0. The van der Waals surface area contributed by atoms with E-state index in [1.165, 1.54) is 12.1 Å². The summed E-state index contributed by atoms with van der Waals surface area (Å²) in [6, 6.07) is 6.04. The van der Waals surface area contributed by atoms with Crippen LogP contribution in [0.3, 0.4) is 0 Å². The molecule has 22 heavy (non-hydrogen) atoms. The fourth-order valence-corrected chi connectivity index (χ4v) is 2.13. The molecular formula is C16H21NO5. The summed E-state index contributed by atoms with van der Waals surface area (Å²) in [5.74, 6) is 0.121. The number of nitrogens with zero attached hydrogens (tertiary/aromatic N) is 1. The molecule has 120 valence electrons. The molecule has 0 aliphatic rings. The number of ether oxygens (including phenoxy) is 1. The molecule has 0 aliphatic heterocycles. The van der Waals surface area contributed by atoms with E-state index in [4.69, 9.17) is 4.74 Å². The lowest BCUT2D eigenvalue weighted by atomic mass is 10.1. The van der Waals surface area contributed by atoms with Crippen molar-refractivity contribution in [3.8, 4) is 5.75 Å². The highest BCUT2D eigenvalue weighted by molar-refractivity contribution is 5.58. The molecule has 1 aromatic carbocycles. The molecule has 0 saturated heterocycles. The summed E-state index contributed by atoms with van der Waals surface area (Å²) in [7, 11) is 0. The Morgan fingerprint density at radius 2 is 1.77 bits per heavy atom. The lowest BCUT2D eigenvalue weighted by Gasteiger charge is -2.13. The van der Waals surface area contributed by atoms with Crippen LogP contribution >= 0.6 is 0 Å². The summed E-state index contributed by atoms with van der Waals surface area (Å²) in [4.78, 5) is 31.6. The number of carbonyl (C=O) groups is 2. The van der Waals surface area contributed by atoms with Crippen LogP contribution in [0.5, 0.6) is 5.75 Å². The predicted octanol–water partition coefficient (Wildman–Crippen LogP) is 3.47. The van der Waals surface area contributed by atoms with Crippen LogP contribution in [0.1, 0.15) is 44.9 Å². The molecule has 0 N–H and O–H groups in total. The molecule has 0 aromatic heterocycles. The number of unbranched alkanes of at least 4 members (excludes halogenated alkanes) is 5. The van der Waals surface area contributed by atoms with E-state index in [0.29, 0.717) is 19.1 Å². The summed E-state index contributed by atoms with van der Waals surface area (Å²) in [5, 5.41) is 10.9. The summed E-state index contributed by atoms with van der Waals surface area (Å²) >= 11 is 0. The Morgan fingerprint density at radius 1 is 1.09 bits per heavy atom. The van der Waals surface area contributed by atoms with Gasteiger partial charge in [-0.2, -0.15) is 0 Å². The number of nitro benzene ring substituents is 1. The van der Waals surface area contributed by atoms with Crippen molar-refractivity contribution in [1.82, 2.24) is 0 Å². The smallest absolute Gasteiger partial charge is 0.310 e. The fraction of sp³-hybridized carbons (Fsp3) is 0.500. The molecule has 0 fully saturated rings. The van der Waals surface area contributed by atoms with Gasteiger partial charge in [0.1, 0.15) is 6.29 Å². The van der Waals surface area contributed by atoms with Crippen molar-refractivity contribution in [2.24, 2.45) is 0 Å². The molecule has 0 radical (unpaired) electrons. The highest BCUT2D eigenvalue weighted by Crippen LogP contribution is 2.27. The molecule has 1 unspecified atom stereocenters. The zero-order chi connectivity index (χ0) is 16.2. The SMILES string of the molecule is O=CCCCCCCCC(C=O)Oc1ccccc1[N+](=O)[O-]. The Labute approximate surface area is 129 Å². The average Bonchev–Trinajstić information content (AvgIpc) is 2.53. The fourth-order valence-electron chi connectivity index (χ4n) is 2.13. The summed E-state index contributed by atoms with van der Waals surface area (Å²) < 4.78 is 5.45. The van der Waals surface area contributed by atoms with Crippen molar-refractivity contribution in [3.05, 3.63) is 34.4 Å². The van der Waals surface area contributed by atoms with E-state index in [-0.39, 0.29) is 11.4 Å². The number of para-hydroxylation sites is 2. The van der Waals surface area contributed by atoms with Crippen LogP contribution < -0.4 is 4.74 Å². The summed E-state index contributed by atoms with van der Waals surface area (Å²) in [6.07, 6.45) is 6.71. The third-order valence-corrected chi connectivity index (χ3v) is 3.30. The Morgan fingerprint density at radius 3 is 2.45 bits per heavy atom. The van der Waals surface area contributed by atoms with Crippen molar-refractivity contribution in [3.63, 3.8) is 0 Å². The van der Waals surface area contributed by atoms with E-state index in [1.54, 1.807) is 12.1 Å². The largest absolute Gasteiger partial charge is 0.476 e. The van der Waals surface area contributed by atoms with Crippen molar-refractivity contribution < 1.29 is 19.2 Å². The third-order valence-electron chi connectivity index (χ3n) is 3.30. The molecule has 0 amide bonds. The van der Waals surface area contributed by atoms with Crippen LogP contribution in [0, 0.1) is 10.1 Å². The van der Waals surface area contributed by atoms with Crippen molar-refractivity contribution >= 4 is 18.3 Å². The highest BCUT2D eigenvalue weighted by atomic mass is 16.6. The highest BCUT2D eigenvalue weighted by Gasteiger charge is 2.17. The first-order chi connectivity index (χ1) is 10.7. The van der Waals surface area contributed by atoms with Crippen LogP contribution in [0.25, 0.3) is 0 Å². The Hall–Kier alpha value is -2.24. The normalized spacial score (nSPS) is 11.6. The van der Waals surface area contributed by atoms with E-state index in [0.717, 1.165) is 38.4 Å². The molecule has 0 aliphatic carbocycles. The van der Waals surface area contributed by atoms with Crippen LogP contribution in [-0.4, -0.2) is 23.6 Å². The summed E-state index contributed by atoms with van der Waals surface area (Å²) in [5.41, 5.74) is -0.136. The van der Waals surface area contributed by atoms with Crippen LogP contribution in [0.4, 0.5) is 5.69 Å². The number of aldehydes is 2.